The van der Waals surface area contributed by atoms with E-state index in [0.717, 1.165) is 0 Å². The highest BCUT2D eigenvalue weighted by molar-refractivity contribution is 7.86. The molecule has 0 aromatic heterocycles. The van der Waals surface area contributed by atoms with Crippen molar-refractivity contribution in [2.75, 3.05) is 6.61 Å². The monoisotopic (exact) mass is 412 g/mol. The molecule has 1 atom stereocenters. The first-order chi connectivity index (χ1) is 12.4. The maximum absolute atomic E-state index is 13.3. The number of alkyl halides is 3. The van der Waals surface area contributed by atoms with E-state index in [-0.39, 0.29) is 5.56 Å². The molecule has 1 aromatic rings. The van der Waals surface area contributed by atoms with Crippen molar-refractivity contribution in [3.63, 3.8) is 0 Å². The second kappa shape index (κ2) is 9.03. The molecule has 2 N–H and O–H groups in total. The first-order valence-corrected chi connectivity index (χ1v) is 9.77. The Kier molecular flexibility index (Phi) is 7.82. The highest BCUT2D eigenvalue weighted by atomic mass is 32.2. The molecule has 0 aliphatic heterocycles. The largest absolute Gasteiger partial charge is 0.462 e. The molecule has 1 rings (SSSR count). The number of ether oxygens (including phenoxy) is 1. The van der Waals surface area contributed by atoms with E-state index in [9.17, 15) is 31.5 Å². The Hall–Kier alpha value is -1.65. The molecule has 0 heterocycles. The predicted molar refractivity (Wildman–Crippen MR) is 92.0 cm³/mol. The molecule has 0 spiro atoms. The summed E-state index contributed by atoms with van der Waals surface area (Å²) >= 11 is 0. The second-order valence-electron chi connectivity index (χ2n) is 6.24. The molecule has 0 fully saturated rings. The minimum Gasteiger partial charge on any atom is -0.462 e. The van der Waals surface area contributed by atoms with Gasteiger partial charge in [0.15, 0.2) is 6.17 Å². The van der Waals surface area contributed by atoms with Gasteiger partial charge >= 0.3 is 21.3 Å². The second-order valence-corrected chi connectivity index (χ2v) is 7.73. The van der Waals surface area contributed by atoms with Crippen molar-refractivity contribution < 1.29 is 40.8 Å². The molecule has 27 heavy (non-hydrogen) atoms. The molecule has 1 unspecified atom stereocenters. The summed E-state index contributed by atoms with van der Waals surface area (Å²) in [6.07, 6.45) is -3.01. The Morgan fingerprint density at radius 3 is 2.37 bits per heavy atom. The summed E-state index contributed by atoms with van der Waals surface area (Å²) in [5.41, 5.74) is -0.179. The van der Waals surface area contributed by atoms with Gasteiger partial charge in [0.05, 0.1) is 17.8 Å². The lowest BCUT2D eigenvalue weighted by Crippen LogP contribution is -2.39. The van der Waals surface area contributed by atoms with Gasteiger partial charge in [0.25, 0.3) is 0 Å². The van der Waals surface area contributed by atoms with Gasteiger partial charge in [-0.1, -0.05) is 26.0 Å². The fraction of sp³-hybridized carbons (Fsp3) is 0.588. The number of carbonyl (C=O) groups excluding carboxylic acids is 1. The van der Waals surface area contributed by atoms with Gasteiger partial charge < -0.3 is 9.84 Å². The van der Waals surface area contributed by atoms with Crippen LogP contribution in [0.1, 0.15) is 49.0 Å². The molecule has 0 amide bonds. The number of hydrogen-bond donors (Lipinski definition) is 2. The number of rotatable bonds is 10. The molecule has 0 aliphatic carbocycles. The number of aliphatic hydroxyl groups is 1. The van der Waals surface area contributed by atoms with Crippen LogP contribution in [0.3, 0.4) is 0 Å². The van der Waals surface area contributed by atoms with Crippen molar-refractivity contribution in [2.45, 2.75) is 56.6 Å². The van der Waals surface area contributed by atoms with E-state index in [2.05, 4.69) is 0 Å². The van der Waals surface area contributed by atoms with Crippen LogP contribution in [-0.2, 0) is 21.3 Å². The summed E-state index contributed by atoms with van der Waals surface area (Å²) in [4.78, 5) is 12.0. The number of benzene rings is 1. The maximum Gasteiger partial charge on any atom is 0.400 e. The van der Waals surface area contributed by atoms with E-state index in [1.807, 2.05) is 13.8 Å². The Labute approximate surface area is 156 Å². The Balaban J connectivity index is 2.70. The zero-order valence-corrected chi connectivity index (χ0v) is 15.8. The van der Waals surface area contributed by atoms with E-state index < -0.39 is 46.1 Å². The molecule has 0 bridgehead atoms. The van der Waals surface area contributed by atoms with E-state index in [1.165, 1.54) is 12.1 Å². The average Bonchev–Trinajstić information content (AvgIpc) is 2.60. The molecule has 0 saturated heterocycles. The summed E-state index contributed by atoms with van der Waals surface area (Å²) in [5, 5.41) is 5.38. The molecule has 0 radical (unpaired) electrons. The molecule has 0 saturated carbocycles. The van der Waals surface area contributed by atoms with Crippen LogP contribution >= 0.6 is 0 Å². The van der Waals surface area contributed by atoms with Gasteiger partial charge in [0, 0.05) is 12.8 Å². The van der Waals surface area contributed by atoms with Gasteiger partial charge in [-0.25, -0.2) is 9.18 Å². The fourth-order valence-electron chi connectivity index (χ4n) is 2.36. The molecule has 154 valence electrons. The summed E-state index contributed by atoms with van der Waals surface area (Å²) in [5.74, 6) is -0.907. The quantitative estimate of drug-likeness (QED) is 0.452. The van der Waals surface area contributed by atoms with E-state index in [4.69, 9.17) is 9.29 Å². The fourth-order valence-corrected chi connectivity index (χ4v) is 2.80. The smallest absolute Gasteiger partial charge is 0.400 e. The summed E-state index contributed by atoms with van der Waals surface area (Å²) < 4.78 is 73.4. The maximum atomic E-state index is 13.3. The molecule has 0 aliphatic rings. The first kappa shape index (κ1) is 23.4. The van der Waals surface area contributed by atoms with Crippen molar-refractivity contribution >= 4 is 16.1 Å². The van der Waals surface area contributed by atoms with Crippen LogP contribution < -0.4 is 0 Å². The predicted octanol–water partition coefficient (Wildman–Crippen LogP) is 3.15. The van der Waals surface area contributed by atoms with Crippen molar-refractivity contribution in [1.29, 1.82) is 0 Å². The van der Waals surface area contributed by atoms with E-state index in [0.29, 0.717) is 24.8 Å². The Morgan fingerprint density at radius 1 is 1.26 bits per heavy atom. The van der Waals surface area contributed by atoms with Crippen molar-refractivity contribution in [2.24, 2.45) is 0 Å². The summed E-state index contributed by atoms with van der Waals surface area (Å²) in [6, 6.07) is 6.14. The van der Waals surface area contributed by atoms with Crippen LogP contribution in [-0.4, -0.2) is 47.7 Å². The zero-order valence-electron chi connectivity index (χ0n) is 15.0. The van der Waals surface area contributed by atoms with Gasteiger partial charge in [-0.2, -0.15) is 17.2 Å². The number of hydrogen-bond acceptors (Lipinski definition) is 5. The van der Waals surface area contributed by atoms with Gasteiger partial charge in [-0.05, 0) is 30.5 Å². The lowest BCUT2D eigenvalue weighted by atomic mass is 9.89. The van der Waals surface area contributed by atoms with Gasteiger partial charge in [0.1, 0.15) is 0 Å². The van der Waals surface area contributed by atoms with E-state index in [1.54, 1.807) is 12.1 Å². The minimum atomic E-state index is -5.91. The lowest BCUT2D eigenvalue weighted by molar-refractivity contribution is -0.0163. The molecule has 10 heteroatoms. The van der Waals surface area contributed by atoms with Crippen LogP contribution in [0, 0.1) is 0 Å². The Bertz CT molecular complexity index is 747. The van der Waals surface area contributed by atoms with Gasteiger partial charge in [0.2, 0.25) is 0 Å². The van der Waals surface area contributed by atoms with Crippen molar-refractivity contribution in [1.82, 2.24) is 0 Å². The van der Waals surface area contributed by atoms with Crippen LogP contribution in [0.2, 0.25) is 0 Å². The van der Waals surface area contributed by atoms with Gasteiger partial charge in [-0.3, -0.25) is 4.55 Å². The highest BCUT2D eigenvalue weighted by Crippen LogP contribution is 2.29. The lowest BCUT2D eigenvalue weighted by Gasteiger charge is -2.25. The zero-order chi connectivity index (χ0) is 20.9. The van der Waals surface area contributed by atoms with Gasteiger partial charge in [-0.15, -0.1) is 0 Å². The van der Waals surface area contributed by atoms with Crippen LogP contribution in [0.15, 0.2) is 24.3 Å². The minimum absolute atomic E-state index is 0.0824. The van der Waals surface area contributed by atoms with Crippen LogP contribution in [0.4, 0.5) is 13.2 Å². The average molecular weight is 412 g/mol. The van der Waals surface area contributed by atoms with Crippen molar-refractivity contribution in [3.8, 4) is 0 Å². The molecular formula is C17H23F3O6S. The Morgan fingerprint density at radius 2 is 1.85 bits per heavy atom. The highest BCUT2D eigenvalue weighted by Gasteiger charge is 2.52. The third-order valence-corrected chi connectivity index (χ3v) is 5.27. The third-order valence-electron chi connectivity index (χ3n) is 4.33. The summed E-state index contributed by atoms with van der Waals surface area (Å²) in [6.45, 7) is 2.86. The summed E-state index contributed by atoms with van der Waals surface area (Å²) in [7, 11) is -5.91. The third kappa shape index (κ3) is 6.18. The number of halogens is 3. The normalized spacial score (nSPS) is 14.0. The number of esters is 1. The van der Waals surface area contributed by atoms with Crippen molar-refractivity contribution in [3.05, 3.63) is 35.4 Å². The molecular weight excluding hydrogens is 389 g/mol. The number of carbonyl (C=O) groups is 1. The first-order valence-electron chi connectivity index (χ1n) is 8.33. The molecule has 6 nitrogen and oxygen atoms in total. The van der Waals surface area contributed by atoms with Crippen LogP contribution in [0.5, 0.6) is 0 Å². The standard InChI is InChI=1S/C17H23F3O6S/c1-3-16(22,4-2)11-12-6-5-7-13(10-12)15(21)26-9-8-14(18)17(19,20)27(23,24)25/h5-7,10,14,22H,3-4,8-9,11H2,1-2H3,(H,23,24,25). The SMILES string of the molecule is CCC(O)(CC)Cc1cccc(C(=O)OCCC(F)C(F)(F)S(=O)(=O)O)c1. The molecule has 1 aromatic carbocycles. The van der Waals surface area contributed by atoms with Crippen LogP contribution in [0.25, 0.3) is 0 Å². The van der Waals surface area contributed by atoms with E-state index >= 15 is 0 Å². The topological polar surface area (TPSA) is 101 Å².